The molecule has 7 rings (SSSR count). The van der Waals surface area contributed by atoms with Crippen molar-refractivity contribution in [3.05, 3.63) is 111 Å². The molecule has 4 aromatic carbocycles. The zero-order chi connectivity index (χ0) is 46.6. The number of benzene rings is 4. The fraction of sp³-hybridized carbons (Fsp3) is 0.362. The highest BCUT2D eigenvalue weighted by molar-refractivity contribution is 6.32. The van der Waals surface area contributed by atoms with Crippen molar-refractivity contribution in [2.24, 2.45) is 10.2 Å². The van der Waals surface area contributed by atoms with Crippen molar-refractivity contribution in [3.8, 4) is 11.5 Å². The SMILES string of the molecule is COc1cc(C(=O)C(N=Nc2ccc(C(=O)Nc3cc(C(=O)NCCN4CCCCC4)cc(C(=O)NCCN4CCCCC4)c3)cc2)C(=O)Nc2ccc3[nH]c(=O)[nH]c3c2)c(OC)cc1Cl. The van der Waals surface area contributed by atoms with Gasteiger partial charge < -0.3 is 50.5 Å². The number of nitrogens with one attached hydrogen (secondary N) is 6. The molecular formula is C47H53ClN10O8. The largest absolute Gasteiger partial charge is 0.496 e. The van der Waals surface area contributed by atoms with Crippen LogP contribution in [0.2, 0.25) is 5.02 Å². The van der Waals surface area contributed by atoms with Crippen LogP contribution in [0, 0.1) is 0 Å². The zero-order valence-corrected chi connectivity index (χ0v) is 37.6. The molecule has 19 heteroatoms. The van der Waals surface area contributed by atoms with E-state index >= 15 is 0 Å². The molecule has 0 saturated carbocycles. The van der Waals surface area contributed by atoms with Crippen LogP contribution in [0.15, 0.2) is 87.8 Å². The van der Waals surface area contributed by atoms with Crippen LogP contribution in [0.5, 0.6) is 11.5 Å². The normalized spacial score (nSPS) is 15.0. The second-order valence-corrected chi connectivity index (χ2v) is 16.5. The molecular weight excluding hydrogens is 868 g/mol. The van der Waals surface area contributed by atoms with Crippen molar-refractivity contribution < 1.29 is 33.4 Å². The predicted molar refractivity (Wildman–Crippen MR) is 251 cm³/mol. The molecule has 0 bridgehead atoms. The summed E-state index contributed by atoms with van der Waals surface area (Å²) in [5.74, 6) is -2.66. The predicted octanol–water partition coefficient (Wildman–Crippen LogP) is 6.18. The molecule has 4 amide bonds. The number of piperidine rings is 2. The summed E-state index contributed by atoms with van der Waals surface area (Å²) in [6.45, 7) is 6.29. The number of hydrogen-bond donors (Lipinski definition) is 6. The average Bonchev–Trinajstić information content (AvgIpc) is 3.71. The summed E-state index contributed by atoms with van der Waals surface area (Å²) in [5.41, 5.74) is 1.85. The third-order valence-electron chi connectivity index (χ3n) is 11.5. The molecule has 0 radical (unpaired) electrons. The molecule has 5 aromatic rings. The number of Topliss-reactive ketones (excluding diaryl/α,β-unsaturated/α-hetero) is 1. The van der Waals surface area contributed by atoms with Crippen molar-refractivity contribution in [2.45, 2.75) is 44.6 Å². The molecule has 1 atom stereocenters. The first-order valence-electron chi connectivity index (χ1n) is 21.9. The van der Waals surface area contributed by atoms with Gasteiger partial charge in [0.1, 0.15) is 11.5 Å². The first-order chi connectivity index (χ1) is 32.0. The van der Waals surface area contributed by atoms with Gasteiger partial charge >= 0.3 is 5.69 Å². The van der Waals surface area contributed by atoms with Gasteiger partial charge in [0.15, 0.2) is 0 Å². The Balaban J connectivity index is 1.08. The van der Waals surface area contributed by atoms with Crippen molar-refractivity contribution in [2.75, 3.05) is 77.2 Å². The van der Waals surface area contributed by atoms with Crippen LogP contribution in [-0.2, 0) is 4.79 Å². The number of carbonyl (C=O) groups excluding carboxylic acids is 5. The number of anilines is 2. The van der Waals surface area contributed by atoms with Gasteiger partial charge in [-0.2, -0.15) is 10.2 Å². The highest BCUT2D eigenvalue weighted by Gasteiger charge is 2.31. The lowest BCUT2D eigenvalue weighted by Crippen LogP contribution is -2.38. The molecule has 1 unspecified atom stereocenters. The number of imidazole rings is 1. The van der Waals surface area contributed by atoms with Gasteiger partial charge in [0.2, 0.25) is 11.8 Å². The second kappa shape index (κ2) is 22.3. The number of H-pyrrole nitrogens is 2. The van der Waals surface area contributed by atoms with E-state index in [1.165, 1.54) is 87.7 Å². The fourth-order valence-corrected chi connectivity index (χ4v) is 8.17. The summed E-state index contributed by atoms with van der Waals surface area (Å²) in [6.07, 6.45) is 6.96. The lowest BCUT2D eigenvalue weighted by atomic mass is 10.0. The number of ketones is 1. The smallest absolute Gasteiger partial charge is 0.323 e. The molecule has 18 nitrogen and oxygen atoms in total. The van der Waals surface area contributed by atoms with E-state index < -0.39 is 29.3 Å². The van der Waals surface area contributed by atoms with Gasteiger partial charge in [0.05, 0.1) is 41.5 Å². The van der Waals surface area contributed by atoms with Crippen LogP contribution in [0.25, 0.3) is 11.0 Å². The highest BCUT2D eigenvalue weighted by Crippen LogP contribution is 2.34. The van der Waals surface area contributed by atoms with Gasteiger partial charge in [-0.1, -0.05) is 24.4 Å². The number of methoxy groups -OCH3 is 2. The second-order valence-electron chi connectivity index (χ2n) is 16.1. The van der Waals surface area contributed by atoms with E-state index in [0.29, 0.717) is 37.2 Å². The quantitative estimate of drug-likeness (QED) is 0.0332. The maximum Gasteiger partial charge on any atom is 0.323 e. The Morgan fingerprint density at radius 1 is 0.652 bits per heavy atom. The van der Waals surface area contributed by atoms with E-state index in [1.807, 2.05) is 0 Å². The number of rotatable bonds is 18. The molecule has 66 heavy (non-hydrogen) atoms. The maximum atomic E-state index is 14.1. The van der Waals surface area contributed by atoms with Crippen molar-refractivity contribution in [1.29, 1.82) is 0 Å². The van der Waals surface area contributed by atoms with E-state index in [9.17, 15) is 28.8 Å². The van der Waals surface area contributed by atoms with E-state index in [0.717, 1.165) is 51.9 Å². The monoisotopic (exact) mass is 920 g/mol. The van der Waals surface area contributed by atoms with Gasteiger partial charge in [-0.05, 0) is 119 Å². The minimum atomic E-state index is -1.75. The number of nitrogens with zero attached hydrogens (tertiary/aromatic N) is 4. The number of carbonyl (C=O) groups is 5. The average molecular weight is 921 g/mol. The Kier molecular flexibility index (Phi) is 15.9. The summed E-state index contributed by atoms with van der Waals surface area (Å²) < 4.78 is 10.7. The Morgan fingerprint density at radius 2 is 1.24 bits per heavy atom. The minimum absolute atomic E-state index is 0.0487. The fourth-order valence-electron chi connectivity index (χ4n) is 7.94. The topological polar surface area (TPSA) is 232 Å². The molecule has 2 aliphatic rings. The van der Waals surface area contributed by atoms with Crippen LogP contribution >= 0.6 is 11.6 Å². The summed E-state index contributed by atoms with van der Waals surface area (Å²) in [6, 6.07) is 16.1. The summed E-state index contributed by atoms with van der Waals surface area (Å²) in [4.78, 5) is 90.2. The number of ether oxygens (including phenoxy) is 2. The van der Waals surface area contributed by atoms with Gasteiger partial charge in [0.25, 0.3) is 23.6 Å². The molecule has 0 spiro atoms. The first-order valence-corrected chi connectivity index (χ1v) is 22.3. The van der Waals surface area contributed by atoms with E-state index in [2.05, 4.69) is 51.3 Å². The van der Waals surface area contributed by atoms with Crippen molar-refractivity contribution >= 4 is 69.1 Å². The number of azo groups is 1. The lowest BCUT2D eigenvalue weighted by molar-refractivity contribution is -0.116. The van der Waals surface area contributed by atoms with Crippen molar-refractivity contribution in [3.63, 3.8) is 0 Å². The summed E-state index contributed by atoms with van der Waals surface area (Å²) in [5, 5.41) is 20.0. The first kappa shape index (κ1) is 47.1. The number of aromatic nitrogens is 2. The summed E-state index contributed by atoms with van der Waals surface area (Å²) in [7, 11) is 2.72. The Bertz CT molecular complexity index is 2600. The van der Waals surface area contributed by atoms with E-state index in [4.69, 9.17) is 21.1 Å². The van der Waals surface area contributed by atoms with Crippen LogP contribution < -0.4 is 36.4 Å². The van der Waals surface area contributed by atoms with Gasteiger partial charge in [0, 0.05) is 60.3 Å². The summed E-state index contributed by atoms with van der Waals surface area (Å²) >= 11 is 6.29. The highest BCUT2D eigenvalue weighted by atomic mass is 35.5. The number of likely N-dealkylation sites (tertiary alicyclic amines) is 2. The Hall–Kier alpha value is -6.89. The lowest BCUT2D eigenvalue weighted by Gasteiger charge is -2.26. The number of amides is 4. The number of hydrogen-bond acceptors (Lipinski definition) is 12. The molecule has 3 heterocycles. The van der Waals surface area contributed by atoms with E-state index in [1.54, 1.807) is 12.1 Å². The minimum Gasteiger partial charge on any atom is -0.496 e. The number of halogens is 1. The van der Waals surface area contributed by atoms with Gasteiger partial charge in [-0.3, -0.25) is 24.0 Å². The Morgan fingerprint density at radius 3 is 1.83 bits per heavy atom. The standard InChI is InChI=1S/C47H53ClN10O8/c1-65-39-28-36(48)40(66-2)27-35(39)42(59)41(46(63)51-33-13-14-37-38(26-33)54-47(64)53-37)56-55-32-11-9-29(10-12-32)45(62)52-34-24-30(43(60)49-15-21-57-17-5-3-6-18-57)23-31(25-34)44(61)50-16-22-58-19-7-4-8-20-58/h9-14,23-28,41H,3-8,15-22H2,1-2H3,(H,49,60)(H,50,61)(H,51,63)(H,52,62)(H2,53,54,64). The Labute approximate surface area is 385 Å². The van der Waals surface area contributed by atoms with Crippen LogP contribution in [-0.4, -0.2) is 122 Å². The third-order valence-corrected chi connectivity index (χ3v) is 11.8. The van der Waals surface area contributed by atoms with Gasteiger partial charge in [-0.25, -0.2) is 4.79 Å². The number of fused-ring (bicyclic) bond motifs is 1. The molecule has 0 aliphatic carbocycles. The zero-order valence-electron chi connectivity index (χ0n) is 36.8. The molecule has 2 fully saturated rings. The van der Waals surface area contributed by atoms with Gasteiger partial charge in [-0.15, -0.1) is 0 Å². The molecule has 1 aromatic heterocycles. The third kappa shape index (κ3) is 12.3. The van der Waals surface area contributed by atoms with Crippen LogP contribution in [0.3, 0.4) is 0 Å². The molecule has 2 aliphatic heterocycles. The number of aromatic amines is 2. The maximum absolute atomic E-state index is 14.1. The van der Waals surface area contributed by atoms with E-state index in [-0.39, 0.29) is 67.7 Å². The molecule has 346 valence electrons. The van der Waals surface area contributed by atoms with Crippen molar-refractivity contribution in [1.82, 2.24) is 30.4 Å². The van der Waals surface area contributed by atoms with Crippen LogP contribution in [0.4, 0.5) is 17.1 Å². The molecule has 6 N–H and O–H groups in total. The molecule has 2 saturated heterocycles. The van der Waals surface area contributed by atoms with Crippen LogP contribution in [0.1, 0.15) is 80.0 Å².